The largest absolute Gasteiger partial charge is 0.493 e. The number of nitrogens with one attached hydrogen (secondary N) is 1. The highest BCUT2D eigenvalue weighted by atomic mass is 16.5. The molecule has 0 aliphatic carbocycles. The molecule has 0 bridgehead atoms. The van der Waals surface area contributed by atoms with Crippen LogP contribution in [-0.4, -0.2) is 38.8 Å². The average Bonchev–Trinajstić information content (AvgIpc) is 2.68. The summed E-state index contributed by atoms with van der Waals surface area (Å²) < 4.78 is 10.7. The molecule has 3 rings (SSSR count). The Balaban J connectivity index is 1.45. The molecule has 0 amide bonds. The summed E-state index contributed by atoms with van der Waals surface area (Å²) in [5.41, 5.74) is 2.49. The molecule has 0 radical (unpaired) electrons. The minimum absolute atomic E-state index is 0.722. The van der Waals surface area contributed by atoms with E-state index in [4.69, 9.17) is 9.47 Å². The lowest BCUT2D eigenvalue weighted by molar-refractivity contribution is 0.182. The van der Waals surface area contributed by atoms with Gasteiger partial charge in [0.1, 0.15) is 0 Å². The number of hydrogen-bond donors (Lipinski definition) is 1. The standard InChI is InChI=1S/C21H28N2O2/c1-24-20-9-8-19(14-21(20)25-2)22-15-17-10-12-23(13-11-17)16-18-6-4-3-5-7-18/h3-9,14,17,22H,10-13,15-16H2,1-2H3. The van der Waals surface area contributed by atoms with Crippen molar-refractivity contribution >= 4 is 5.69 Å². The molecule has 0 spiro atoms. The lowest BCUT2D eigenvalue weighted by Gasteiger charge is -2.32. The number of piperidine rings is 1. The summed E-state index contributed by atoms with van der Waals surface area (Å²) in [6, 6.07) is 16.7. The summed E-state index contributed by atoms with van der Waals surface area (Å²) in [7, 11) is 3.33. The number of hydrogen-bond acceptors (Lipinski definition) is 4. The highest BCUT2D eigenvalue weighted by Crippen LogP contribution is 2.30. The lowest BCUT2D eigenvalue weighted by Crippen LogP contribution is -2.35. The van der Waals surface area contributed by atoms with E-state index in [2.05, 4.69) is 40.5 Å². The van der Waals surface area contributed by atoms with Gasteiger partial charge in [-0.2, -0.15) is 0 Å². The summed E-state index contributed by atoms with van der Waals surface area (Å²) in [4.78, 5) is 2.56. The maximum absolute atomic E-state index is 5.37. The van der Waals surface area contributed by atoms with Crippen molar-refractivity contribution in [3.63, 3.8) is 0 Å². The van der Waals surface area contributed by atoms with E-state index in [0.717, 1.165) is 36.2 Å². The molecule has 4 heteroatoms. The van der Waals surface area contributed by atoms with Crippen LogP contribution < -0.4 is 14.8 Å². The first-order valence-electron chi connectivity index (χ1n) is 9.00. The van der Waals surface area contributed by atoms with Gasteiger partial charge in [0.15, 0.2) is 11.5 Å². The van der Waals surface area contributed by atoms with Crippen LogP contribution >= 0.6 is 0 Å². The normalized spacial score (nSPS) is 15.8. The number of ether oxygens (including phenoxy) is 2. The van der Waals surface area contributed by atoms with Crippen LogP contribution in [0.25, 0.3) is 0 Å². The third-order valence-corrected chi connectivity index (χ3v) is 4.93. The van der Waals surface area contributed by atoms with Crippen LogP contribution in [0.5, 0.6) is 11.5 Å². The molecule has 2 aromatic carbocycles. The fourth-order valence-corrected chi connectivity index (χ4v) is 3.40. The molecule has 134 valence electrons. The van der Waals surface area contributed by atoms with Crippen molar-refractivity contribution in [2.24, 2.45) is 5.92 Å². The molecule has 1 aliphatic rings. The summed E-state index contributed by atoms with van der Waals surface area (Å²) >= 11 is 0. The van der Waals surface area contributed by atoms with Gasteiger partial charge in [-0.25, -0.2) is 0 Å². The van der Waals surface area contributed by atoms with Crippen molar-refractivity contribution in [3.8, 4) is 11.5 Å². The first-order chi connectivity index (χ1) is 12.3. The zero-order valence-electron chi connectivity index (χ0n) is 15.2. The van der Waals surface area contributed by atoms with Crippen molar-refractivity contribution in [3.05, 3.63) is 54.1 Å². The monoisotopic (exact) mass is 340 g/mol. The van der Waals surface area contributed by atoms with Gasteiger partial charge in [0.2, 0.25) is 0 Å². The van der Waals surface area contributed by atoms with E-state index in [-0.39, 0.29) is 0 Å². The number of benzene rings is 2. The minimum Gasteiger partial charge on any atom is -0.493 e. The van der Waals surface area contributed by atoms with E-state index < -0.39 is 0 Å². The molecular weight excluding hydrogens is 312 g/mol. The van der Waals surface area contributed by atoms with E-state index in [1.54, 1.807) is 14.2 Å². The second-order valence-electron chi connectivity index (χ2n) is 6.66. The van der Waals surface area contributed by atoms with Crippen LogP contribution in [0.4, 0.5) is 5.69 Å². The molecule has 0 atom stereocenters. The molecule has 25 heavy (non-hydrogen) atoms. The summed E-state index contributed by atoms with van der Waals surface area (Å²) in [6.45, 7) is 4.42. The molecular formula is C21H28N2O2. The van der Waals surface area contributed by atoms with Gasteiger partial charge in [-0.1, -0.05) is 30.3 Å². The quantitative estimate of drug-likeness (QED) is 0.825. The van der Waals surface area contributed by atoms with Gasteiger partial charge in [0.25, 0.3) is 0 Å². The third kappa shape index (κ3) is 4.89. The number of rotatable bonds is 7. The van der Waals surface area contributed by atoms with Crippen LogP contribution in [0.2, 0.25) is 0 Å². The highest BCUT2D eigenvalue weighted by molar-refractivity contribution is 5.54. The van der Waals surface area contributed by atoms with Gasteiger partial charge in [-0.15, -0.1) is 0 Å². The smallest absolute Gasteiger partial charge is 0.162 e. The summed E-state index contributed by atoms with van der Waals surface area (Å²) in [5.74, 6) is 2.26. The maximum atomic E-state index is 5.37. The highest BCUT2D eigenvalue weighted by Gasteiger charge is 2.19. The Morgan fingerprint density at radius 2 is 1.68 bits per heavy atom. The third-order valence-electron chi connectivity index (χ3n) is 4.93. The topological polar surface area (TPSA) is 33.7 Å². The van der Waals surface area contributed by atoms with E-state index in [0.29, 0.717) is 0 Å². The zero-order valence-corrected chi connectivity index (χ0v) is 15.2. The van der Waals surface area contributed by atoms with Crippen LogP contribution in [0.3, 0.4) is 0 Å². The van der Waals surface area contributed by atoms with Crippen LogP contribution in [0, 0.1) is 5.92 Å². The van der Waals surface area contributed by atoms with Gasteiger partial charge in [-0.05, 0) is 49.5 Å². The Morgan fingerprint density at radius 1 is 0.960 bits per heavy atom. The zero-order chi connectivity index (χ0) is 17.5. The second kappa shape index (κ2) is 8.77. The lowest BCUT2D eigenvalue weighted by atomic mass is 9.96. The average molecular weight is 340 g/mol. The first kappa shape index (κ1) is 17.6. The number of anilines is 1. The number of nitrogens with zero attached hydrogens (tertiary/aromatic N) is 1. The van der Waals surface area contributed by atoms with Crippen molar-refractivity contribution in [2.75, 3.05) is 39.2 Å². The molecule has 4 nitrogen and oxygen atoms in total. The van der Waals surface area contributed by atoms with Crippen molar-refractivity contribution in [1.29, 1.82) is 0 Å². The van der Waals surface area contributed by atoms with Crippen LogP contribution in [0.15, 0.2) is 48.5 Å². The Morgan fingerprint density at radius 3 is 2.36 bits per heavy atom. The Bertz CT molecular complexity index is 652. The molecule has 1 N–H and O–H groups in total. The Labute approximate surface area is 150 Å². The molecule has 1 fully saturated rings. The van der Waals surface area contributed by atoms with Crippen LogP contribution in [-0.2, 0) is 6.54 Å². The number of likely N-dealkylation sites (tertiary alicyclic amines) is 1. The fourth-order valence-electron chi connectivity index (χ4n) is 3.40. The Hall–Kier alpha value is -2.20. The van der Waals surface area contributed by atoms with Gasteiger partial charge in [0, 0.05) is 24.8 Å². The predicted molar refractivity (Wildman–Crippen MR) is 102 cm³/mol. The molecule has 0 unspecified atom stereocenters. The molecule has 0 aromatic heterocycles. The Kier molecular flexibility index (Phi) is 6.18. The van der Waals surface area contributed by atoms with Gasteiger partial charge in [-0.3, -0.25) is 4.90 Å². The maximum Gasteiger partial charge on any atom is 0.162 e. The van der Waals surface area contributed by atoms with Crippen molar-refractivity contribution in [2.45, 2.75) is 19.4 Å². The van der Waals surface area contributed by atoms with E-state index in [1.165, 1.54) is 31.5 Å². The summed E-state index contributed by atoms with van der Waals surface area (Å²) in [5, 5.41) is 3.55. The van der Waals surface area contributed by atoms with E-state index in [1.807, 2.05) is 18.2 Å². The van der Waals surface area contributed by atoms with E-state index in [9.17, 15) is 0 Å². The molecule has 1 saturated heterocycles. The molecule has 0 saturated carbocycles. The molecule has 2 aromatic rings. The molecule has 1 heterocycles. The SMILES string of the molecule is COc1ccc(NCC2CCN(Cc3ccccc3)CC2)cc1OC. The second-order valence-corrected chi connectivity index (χ2v) is 6.66. The van der Waals surface area contributed by atoms with Crippen molar-refractivity contribution in [1.82, 2.24) is 4.90 Å². The van der Waals surface area contributed by atoms with Crippen molar-refractivity contribution < 1.29 is 9.47 Å². The van der Waals surface area contributed by atoms with Crippen LogP contribution in [0.1, 0.15) is 18.4 Å². The first-order valence-corrected chi connectivity index (χ1v) is 9.00. The summed E-state index contributed by atoms with van der Waals surface area (Å²) in [6.07, 6.45) is 2.49. The molecule has 1 aliphatic heterocycles. The predicted octanol–water partition coefficient (Wildman–Crippen LogP) is 4.03. The van der Waals surface area contributed by atoms with E-state index >= 15 is 0 Å². The van der Waals surface area contributed by atoms with Gasteiger partial charge < -0.3 is 14.8 Å². The number of methoxy groups -OCH3 is 2. The minimum atomic E-state index is 0.722. The van der Waals surface area contributed by atoms with Gasteiger partial charge >= 0.3 is 0 Å². The van der Waals surface area contributed by atoms with Gasteiger partial charge in [0.05, 0.1) is 14.2 Å². The fraction of sp³-hybridized carbons (Fsp3) is 0.429.